The fourth-order valence-corrected chi connectivity index (χ4v) is 1.48. The Balaban J connectivity index is 2.34. The van der Waals surface area contributed by atoms with Crippen molar-refractivity contribution in [2.24, 2.45) is 0 Å². The van der Waals surface area contributed by atoms with Crippen LogP contribution in [0, 0.1) is 0 Å². The zero-order valence-corrected chi connectivity index (χ0v) is 7.66. The predicted molar refractivity (Wildman–Crippen MR) is 52.3 cm³/mol. The molecule has 0 atom stereocenters. The first-order chi connectivity index (χ1) is 6.27. The van der Waals surface area contributed by atoms with Gasteiger partial charge < -0.3 is 4.90 Å². The highest BCUT2D eigenvalue weighted by atomic mass is 35.5. The standard InChI is InChI=1S/C10H8ClNO/c11-10(13)12-6-5-8-3-1-2-4-9(8)7-12/h1-6H,7H2. The zero-order valence-electron chi connectivity index (χ0n) is 6.90. The van der Waals surface area contributed by atoms with E-state index < -0.39 is 5.37 Å². The Bertz CT molecular complexity index is 373. The molecular formula is C10H8ClNO. The van der Waals surface area contributed by atoms with Crippen molar-refractivity contribution in [3.8, 4) is 0 Å². The minimum Gasteiger partial charge on any atom is -0.301 e. The summed E-state index contributed by atoms with van der Waals surface area (Å²) in [5.41, 5.74) is 2.27. The largest absolute Gasteiger partial charge is 0.320 e. The second kappa shape index (κ2) is 3.23. The van der Waals surface area contributed by atoms with Crippen molar-refractivity contribution in [2.75, 3.05) is 0 Å². The summed E-state index contributed by atoms with van der Waals surface area (Å²) in [6.45, 7) is 0.564. The molecule has 0 bridgehead atoms. The minimum atomic E-state index is -0.439. The third kappa shape index (κ3) is 1.58. The van der Waals surface area contributed by atoms with Gasteiger partial charge in [-0.25, -0.2) is 0 Å². The predicted octanol–water partition coefficient (Wildman–Crippen LogP) is 2.83. The zero-order chi connectivity index (χ0) is 9.26. The molecule has 0 N–H and O–H groups in total. The number of hydrogen-bond donors (Lipinski definition) is 0. The van der Waals surface area contributed by atoms with Gasteiger partial charge in [0.15, 0.2) is 0 Å². The van der Waals surface area contributed by atoms with Crippen molar-refractivity contribution >= 4 is 23.0 Å². The molecule has 0 saturated heterocycles. The van der Waals surface area contributed by atoms with Crippen molar-refractivity contribution in [3.63, 3.8) is 0 Å². The van der Waals surface area contributed by atoms with Gasteiger partial charge in [-0.2, -0.15) is 0 Å². The molecule has 1 aliphatic heterocycles. The first-order valence-electron chi connectivity index (χ1n) is 3.99. The van der Waals surface area contributed by atoms with Gasteiger partial charge in [0.25, 0.3) is 0 Å². The molecule has 1 aromatic carbocycles. The molecule has 0 saturated carbocycles. The van der Waals surface area contributed by atoms with Crippen LogP contribution in [0.5, 0.6) is 0 Å². The summed E-state index contributed by atoms with van der Waals surface area (Å²) in [6, 6.07) is 7.93. The molecule has 3 heteroatoms. The van der Waals surface area contributed by atoms with Gasteiger partial charge in [0.1, 0.15) is 0 Å². The second-order valence-electron chi connectivity index (χ2n) is 2.90. The second-order valence-corrected chi connectivity index (χ2v) is 3.22. The molecule has 13 heavy (non-hydrogen) atoms. The average molecular weight is 194 g/mol. The van der Waals surface area contributed by atoms with Gasteiger partial charge in [0.2, 0.25) is 0 Å². The molecule has 1 aliphatic rings. The molecule has 2 nitrogen and oxygen atoms in total. The summed E-state index contributed by atoms with van der Waals surface area (Å²) in [6.07, 6.45) is 3.59. The third-order valence-electron chi connectivity index (χ3n) is 2.06. The molecule has 0 fully saturated rings. The van der Waals surface area contributed by atoms with Crippen molar-refractivity contribution < 1.29 is 4.79 Å². The topological polar surface area (TPSA) is 20.3 Å². The van der Waals surface area contributed by atoms with E-state index in [1.54, 1.807) is 6.20 Å². The number of amides is 1. The molecule has 0 aliphatic carbocycles. The van der Waals surface area contributed by atoms with E-state index in [9.17, 15) is 4.79 Å². The monoisotopic (exact) mass is 193 g/mol. The number of rotatable bonds is 0. The Morgan fingerprint density at radius 3 is 2.92 bits per heavy atom. The van der Waals surface area contributed by atoms with Crippen LogP contribution >= 0.6 is 11.6 Å². The summed E-state index contributed by atoms with van der Waals surface area (Å²) in [4.78, 5) is 12.3. The summed E-state index contributed by atoms with van der Waals surface area (Å²) in [5, 5.41) is -0.439. The Kier molecular flexibility index (Phi) is 2.07. The highest BCUT2D eigenvalue weighted by Crippen LogP contribution is 2.19. The highest BCUT2D eigenvalue weighted by molar-refractivity contribution is 6.63. The van der Waals surface area contributed by atoms with E-state index in [-0.39, 0.29) is 0 Å². The van der Waals surface area contributed by atoms with E-state index >= 15 is 0 Å². The van der Waals surface area contributed by atoms with Crippen LogP contribution in [0.3, 0.4) is 0 Å². The normalized spacial score (nSPS) is 14.1. The maximum Gasteiger partial charge on any atom is 0.320 e. The van der Waals surface area contributed by atoms with Gasteiger partial charge in [-0.3, -0.25) is 4.79 Å². The quantitative estimate of drug-likeness (QED) is 0.458. The van der Waals surface area contributed by atoms with Crippen LogP contribution in [0.1, 0.15) is 11.1 Å². The van der Waals surface area contributed by atoms with Gasteiger partial charge in [-0.05, 0) is 28.8 Å². The SMILES string of the molecule is O=C(Cl)N1C=Cc2ccccc2C1. The summed E-state index contributed by atoms with van der Waals surface area (Å²) >= 11 is 5.36. The Labute approximate surface area is 81.4 Å². The smallest absolute Gasteiger partial charge is 0.301 e. The fourth-order valence-electron chi connectivity index (χ4n) is 1.37. The maximum absolute atomic E-state index is 10.8. The van der Waals surface area contributed by atoms with Crippen molar-refractivity contribution in [1.82, 2.24) is 4.90 Å². The Morgan fingerprint density at radius 2 is 2.15 bits per heavy atom. The van der Waals surface area contributed by atoms with E-state index in [1.807, 2.05) is 30.3 Å². The first-order valence-corrected chi connectivity index (χ1v) is 4.37. The van der Waals surface area contributed by atoms with Crippen LogP contribution in [0.2, 0.25) is 0 Å². The lowest BCUT2D eigenvalue weighted by atomic mass is 10.1. The molecular weight excluding hydrogens is 186 g/mol. The fraction of sp³-hybridized carbons (Fsp3) is 0.100. The summed E-state index contributed by atoms with van der Waals surface area (Å²) < 4.78 is 0. The number of carbonyl (C=O) groups is 1. The van der Waals surface area contributed by atoms with Crippen molar-refractivity contribution in [2.45, 2.75) is 6.54 Å². The molecule has 0 radical (unpaired) electrons. The Hall–Kier alpha value is -1.28. The molecule has 1 heterocycles. The molecule has 0 aromatic heterocycles. The maximum atomic E-state index is 10.8. The number of nitrogens with zero attached hydrogens (tertiary/aromatic N) is 1. The number of hydrogen-bond acceptors (Lipinski definition) is 1. The lowest BCUT2D eigenvalue weighted by Crippen LogP contribution is -2.21. The summed E-state index contributed by atoms with van der Waals surface area (Å²) in [5.74, 6) is 0. The number of benzene rings is 1. The highest BCUT2D eigenvalue weighted by Gasteiger charge is 2.13. The van der Waals surface area contributed by atoms with Crippen LogP contribution in [-0.2, 0) is 6.54 Å². The third-order valence-corrected chi connectivity index (χ3v) is 2.27. The van der Waals surface area contributed by atoms with E-state index in [0.717, 1.165) is 11.1 Å². The molecule has 1 aromatic rings. The molecule has 0 spiro atoms. The number of carbonyl (C=O) groups excluding carboxylic acids is 1. The van der Waals surface area contributed by atoms with Crippen molar-refractivity contribution in [3.05, 3.63) is 41.6 Å². The number of halogens is 1. The lowest BCUT2D eigenvalue weighted by molar-refractivity contribution is 0.236. The van der Waals surface area contributed by atoms with Crippen LogP contribution in [-0.4, -0.2) is 10.3 Å². The molecule has 2 rings (SSSR count). The van der Waals surface area contributed by atoms with E-state index in [1.165, 1.54) is 4.90 Å². The van der Waals surface area contributed by atoms with Gasteiger partial charge in [-0.1, -0.05) is 24.3 Å². The van der Waals surface area contributed by atoms with Crippen molar-refractivity contribution in [1.29, 1.82) is 0 Å². The average Bonchev–Trinajstić information content (AvgIpc) is 2.17. The van der Waals surface area contributed by atoms with Crippen LogP contribution < -0.4 is 0 Å². The molecule has 0 unspecified atom stereocenters. The Morgan fingerprint density at radius 1 is 1.38 bits per heavy atom. The van der Waals surface area contributed by atoms with Gasteiger partial charge in [0.05, 0.1) is 6.54 Å². The van der Waals surface area contributed by atoms with E-state index in [2.05, 4.69) is 0 Å². The van der Waals surface area contributed by atoms with Crippen LogP contribution in [0.4, 0.5) is 4.79 Å². The molecule has 66 valence electrons. The van der Waals surface area contributed by atoms with Crippen LogP contribution in [0.25, 0.3) is 6.08 Å². The molecule has 1 amide bonds. The minimum absolute atomic E-state index is 0.439. The van der Waals surface area contributed by atoms with E-state index in [0.29, 0.717) is 6.54 Å². The summed E-state index contributed by atoms with van der Waals surface area (Å²) in [7, 11) is 0. The van der Waals surface area contributed by atoms with Gasteiger partial charge >= 0.3 is 5.37 Å². The number of fused-ring (bicyclic) bond motifs is 1. The lowest BCUT2D eigenvalue weighted by Gasteiger charge is -2.20. The first kappa shape index (κ1) is 8.32. The van der Waals surface area contributed by atoms with Crippen LogP contribution in [0.15, 0.2) is 30.5 Å². The van der Waals surface area contributed by atoms with Gasteiger partial charge in [0, 0.05) is 6.20 Å². The van der Waals surface area contributed by atoms with E-state index in [4.69, 9.17) is 11.6 Å². The van der Waals surface area contributed by atoms with Gasteiger partial charge in [-0.15, -0.1) is 0 Å².